The van der Waals surface area contributed by atoms with Crippen molar-refractivity contribution in [1.29, 1.82) is 0 Å². The first kappa shape index (κ1) is 22.0. The summed E-state index contributed by atoms with van der Waals surface area (Å²) in [5.74, 6) is 1.41. The van der Waals surface area contributed by atoms with E-state index in [9.17, 15) is 4.79 Å². The van der Waals surface area contributed by atoms with Crippen molar-refractivity contribution >= 4 is 17.2 Å². The number of ether oxygens (including phenoxy) is 3. The van der Waals surface area contributed by atoms with E-state index in [1.165, 1.54) is 0 Å². The van der Waals surface area contributed by atoms with Gasteiger partial charge in [0, 0.05) is 35.9 Å². The van der Waals surface area contributed by atoms with Crippen molar-refractivity contribution in [3.63, 3.8) is 0 Å². The summed E-state index contributed by atoms with van der Waals surface area (Å²) >= 11 is 1.63. The van der Waals surface area contributed by atoms with Gasteiger partial charge >= 0.3 is 0 Å². The van der Waals surface area contributed by atoms with Gasteiger partial charge < -0.3 is 19.1 Å². The Kier molecular flexibility index (Phi) is 5.45. The molecule has 1 amide bonds. The average molecular weight is 468 g/mol. The van der Waals surface area contributed by atoms with Crippen molar-refractivity contribution in [3.8, 4) is 33.9 Å². The van der Waals surface area contributed by atoms with Crippen LogP contribution in [0.2, 0.25) is 0 Å². The van der Waals surface area contributed by atoms with Gasteiger partial charge in [-0.3, -0.25) is 9.89 Å². The number of aromatic nitrogens is 2. The van der Waals surface area contributed by atoms with Crippen LogP contribution in [0.15, 0.2) is 22.9 Å². The number of rotatable bonds is 4. The molecule has 0 bridgehead atoms. The molecule has 3 aromatic rings. The predicted octanol–water partition coefficient (Wildman–Crippen LogP) is 5.43. The number of nitrogens with one attached hydrogen (secondary N) is 1. The van der Waals surface area contributed by atoms with Gasteiger partial charge in [0.05, 0.1) is 18.8 Å². The van der Waals surface area contributed by atoms with E-state index in [1.807, 2.05) is 33.2 Å². The number of carbonyl (C=O) groups is 1. The highest BCUT2D eigenvalue weighted by Crippen LogP contribution is 2.52. The van der Waals surface area contributed by atoms with Gasteiger partial charge in [-0.05, 0) is 62.1 Å². The fourth-order valence-corrected chi connectivity index (χ4v) is 5.11. The van der Waals surface area contributed by atoms with Crippen molar-refractivity contribution < 1.29 is 19.0 Å². The van der Waals surface area contributed by atoms with Gasteiger partial charge in [0.2, 0.25) is 0 Å². The molecule has 5 rings (SSSR count). The first-order chi connectivity index (χ1) is 15.8. The zero-order valence-corrected chi connectivity index (χ0v) is 20.5. The van der Waals surface area contributed by atoms with Crippen LogP contribution >= 0.6 is 11.3 Å². The van der Waals surface area contributed by atoms with Crippen molar-refractivity contribution in [3.05, 3.63) is 39.7 Å². The van der Waals surface area contributed by atoms with Gasteiger partial charge in [-0.2, -0.15) is 16.4 Å². The number of methoxy groups -OCH3 is 1. The molecule has 1 aromatic carbocycles. The van der Waals surface area contributed by atoms with Gasteiger partial charge in [0.25, 0.3) is 5.91 Å². The minimum absolute atomic E-state index is 0.0416. The molecular formula is C25H29N3O4S. The van der Waals surface area contributed by atoms with Crippen LogP contribution in [-0.4, -0.2) is 47.3 Å². The molecule has 0 radical (unpaired) electrons. The lowest BCUT2D eigenvalue weighted by Gasteiger charge is -2.32. The molecule has 1 N–H and O–H groups in total. The molecule has 1 fully saturated rings. The van der Waals surface area contributed by atoms with E-state index in [0.29, 0.717) is 5.69 Å². The highest BCUT2D eigenvalue weighted by Gasteiger charge is 2.35. The number of hydrogen-bond donors (Lipinski definition) is 1. The summed E-state index contributed by atoms with van der Waals surface area (Å²) in [5, 5.41) is 11.7. The molecular weight excluding hydrogens is 438 g/mol. The van der Waals surface area contributed by atoms with Crippen molar-refractivity contribution in [1.82, 2.24) is 15.1 Å². The zero-order valence-electron chi connectivity index (χ0n) is 19.7. The molecule has 2 aliphatic rings. The molecule has 2 aromatic heterocycles. The molecule has 4 heterocycles. The number of carbonyl (C=O) groups excluding carboxylic acids is 1. The zero-order chi connectivity index (χ0) is 23.3. The molecule has 1 atom stereocenters. The lowest BCUT2D eigenvalue weighted by molar-refractivity contribution is 0.0646. The predicted molar refractivity (Wildman–Crippen MR) is 128 cm³/mol. The summed E-state index contributed by atoms with van der Waals surface area (Å²) in [7, 11) is 3.50. The van der Waals surface area contributed by atoms with Crippen LogP contribution in [0, 0.1) is 0 Å². The summed E-state index contributed by atoms with van der Waals surface area (Å²) in [6.45, 7) is 7.02. The van der Waals surface area contributed by atoms with Crippen molar-refractivity contribution in [2.75, 3.05) is 20.8 Å². The van der Waals surface area contributed by atoms with Gasteiger partial charge in [0.15, 0.2) is 0 Å². The van der Waals surface area contributed by atoms with Gasteiger partial charge in [-0.1, -0.05) is 0 Å². The Balaban J connectivity index is 1.69. The maximum Gasteiger partial charge on any atom is 0.272 e. The molecule has 1 saturated heterocycles. The Labute approximate surface area is 197 Å². The third kappa shape index (κ3) is 3.61. The molecule has 0 saturated carbocycles. The fraction of sp³-hybridized carbons (Fsp3) is 0.440. The Bertz CT molecular complexity index is 1190. The van der Waals surface area contributed by atoms with Crippen LogP contribution in [0.25, 0.3) is 22.4 Å². The lowest BCUT2D eigenvalue weighted by Crippen LogP contribution is -2.43. The van der Waals surface area contributed by atoms with Crippen LogP contribution in [0.3, 0.4) is 0 Å². The number of benzene rings is 1. The average Bonchev–Trinajstić information content (AvgIpc) is 3.57. The van der Waals surface area contributed by atoms with E-state index in [-0.39, 0.29) is 24.2 Å². The van der Waals surface area contributed by atoms with Crippen LogP contribution in [0.4, 0.5) is 0 Å². The number of nitrogens with zero attached hydrogens (tertiary/aromatic N) is 2. The minimum atomic E-state index is -0.311. The number of thiophene rings is 1. The Morgan fingerprint density at radius 1 is 1.36 bits per heavy atom. The van der Waals surface area contributed by atoms with E-state index in [2.05, 4.69) is 27.7 Å². The Morgan fingerprint density at radius 2 is 2.18 bits per heavy atom. The molecule has 174 valence electrons. The third-order valence-electron chi connectivity index (χ3n) is 6.56. The van der Waals surface area contributed by atoms with Gasteiger partial charge in [-0.15, -0.1) is 0 Å². The largest absolute Gasteiger partial charge is 0.496 e. The summed E-state index contributed by atoms with van der Waals surface area (Å²) in [4.78, 5) is 14.9. The molecule has 0 aliphatic carbocycles. The normalized spacial score (nSPS) is 17.3. The van der Waals surface area contributed by atoms with Crippen molar-refractivity contribution in [2.24, 2.45) is 0 Å². The lowest BCUT2D eigenvalue weighted by atomic mass is 9.91. The second-order valence-corrected chi connectivity index (χ2v) is 10.3. The minimum Gasteiger partial charge on any atom is -0.496 e. The second-order valence-electron chi connectivity index (χ2n) is 9.51. The van der Waals surface area contributed by atoms with Crippen LogP contribution < -0.4 is 9.47 Å². The number of fused-ring (bicyclic) bond motifs is 3. The fourth-order valence-electron chi connectivity index (χ4n) is 4.47. The van der Waals surface area contributed by atoms with Gasteiger partial charge in [0.1, 0.15) is 29.5 Å². The van der Waals surface area contributed by atoms with Crippen LogP contribution in [0.1, 0.15) is 61.3 Å². The summed E-state index contributed by atoms with van der Waals surface area (Å²) in [5.41, 5.74) is 5.50. The number of aromatic amines is 1. The smallest absolute Gasteiger partial charge is 0.272 e. The SMILES string of the molecule is COc1c(C2CCCO2)cc2c(c1-c1ccsc1)OCc1c-2n[nH]c1C(=O)N(C)C(C)(C)C. The van der Waals surface area contributed by atoms with Crippen LogP contribution in [0.5, 0.6) is 11.5 Å². The maximum absolute atomic E-state index is 13.2. The summed E-state index contributed by atoms with van der Waals surface area (Å²) in [6.07, 6.45) is 1.91. The van der Waals surface area contributed by atoms with Crippen molar-refractivity contribution in [2.45, 2.75) is 51.9 Å². The summed E-state index contributed by atoms with van der Waals surface area (Å²) in [6, 6.07) is 4.14. The van der Waals surface area contributed by atoms with Crippen LogP contribution in [-0.2, 0) is 11.3 Å². The third-order valence-corrected chi connectivity index (χ3v) is 7.24. The molecule has 33 heavy (non-hydrogen) atoms. The molecule has 2 aliphatic heterocycles. The quantitative estimate of drug-likeness (QED) is 0.554. The number of hydrogen-bond acceptors (Lipinski definition) is 6. The van der Waals surface area contributed by atoms with Gasteiger partial charge in [-0.25, -0.2) is 0 Å². The standard InChI is InChI=1S/C25H29N3O4S/c1-25(2,3)28(4)24(29)21-17-12-32-23-16(20(17)26-27-21)11-15(18-7-6-9-31-18)22(30-5)19(23)14-8-10-33-13-14/h8,10-11,13,18H,6-7,9,12H2,1-5H3,(H,26,27). The second kappa shape index (κ2) is 8.18. The highest BCUT2D eigenvalue weighted by atomic mass is 32.1. The maximum atomic E-state index is 13.2. The topological polar surface area (TPSA) is 76.7 Å². The molecule has 1 unspecified atom stereocenters. The number of H-pyrrole nitrogens is 1. The molecule has 7 nitrogen and oxygen atoms in total. The Hall–Kier alpha value is -2.84. The monoisotopic (exact) mass is 467 g/mol. The van der Waals surface area contributed by atoms with E-state index >= 15 is 0 Å². The first-order valence-electron chi connectivity index (χ1n) is 11.2. The van der Waals surface area contributed by atoms with E-state index < -0.39 is 0 Å². The Morgan fingerprint density at radius 3 is 2.82 bits per heavy atom. The van der Waals surface area contributed by atoms with E-state index in [4.69, 9.17) is 14.2 Å². The summed E-state index contributed by atoms with van der Waals surface area (Å²) < 4.78 is 18.3. The first-order valence-corrected chi connectivity index (χ1v) is 12.1. The van der Waals surface area contributed by atoms with E-state index in [0.717, 1.165) is 64.5 Å². The molecule has 0 spiro atoms. The number of amides is 1. The van der Waals surface area contributed by atoms with E-state index in [1.54, 1.807) is 23.3 Å². The molecule has 8 heteroatoms. The highest BCUT2D eigenvalue weighted by molar-refractivity contribution is 7.08.